The van der Waals surface area contributed by atoms with Crippen LogP contribution in [0.25, 0.3) is 0 Å². The summed E-state index contributed by atoms with van der Waals surface area (Å²) in [6.45, 7) is 2.33. The van der Waals surface area contributed by atoms with Crippen LogP contribution in [0.15, 0.2) is 18.2 Å². The first-order valence-electron chi connectivity index (χ1n) is 6.47. The van der Waals surface area contributed by atoms with Gasteiger partial charge in [-0.2, -0.15) is 0 Å². The van der Waals surface area contributed by atoms with Gasteiger partial charge in [-0.3, -0.25) is 14.5 Å². The van der Waals surface area contributed by atoms with Crippen LogP contribution in [0.3, 0.4) is 0 Å². The molecule has 1 aromatic rings. The van der Waals surface area contributed by atoms with Crippen LogP contribution in [-0.2, 0) is 4.74 Å². The third kappa shape index (κ3) is 2.00. The van der Waals surface area contributed by atoms with Crippen LogP contribution < -0.4 is 5.73 Å². The van der Waals surface area contributed by atoms with Gasteiger partial charge in [0.05, 0.1) is 29.9 Å². The molecule has 0 aliphatic carbocycles. The summed E-state index contributed by atoms with van der Waals surface area (Å²) < 4.78 is 5.67. The van der Waals surface area contributed by atoms with E-state index in [1.54, 1.807) is 18.2 Å². The molecule has 0 saturated carbocycles. The number of amides is 2. The van der Waals surface area contributed by atoms with Gasteiger partial charge in [-0.1, -0.05) is 0 Å². The summed E-state index contributed by atoms with van der Waals surface area (Å²) in [5.41, 5.74) is 6.99. The second kappa shape index (κ2) is 4.35. The summed E-state index contributed by atoms with van der Waals surface area (Å²) in [5, 5.41) is 0. The third-order valence-electron chi connectivity index (χ3n) is 3.70. The lowest BCUT2D eigenvalue weighted by Crippen LogP contribution is -2.36. The molecular formula is C14H16N2O3. The number of nitrogens with zero attached hydrogens (tertiary/aromatic N) is 1. The largest absolute Gasteiger partial charge is 0.399 e. The van der Waals surface area contributed by atoms with Crippen molar-refractivity contribution in [2.45, 2.75) is 32.0 Å². The zero-order valence-corrected chi connectivity index (χ0v) is 10.8. The van der Waals surface area contributed by atoms with Crippen LogP contribution >= 0.6 is 0 Å². The molecule has 2 aliphatic heterocycles. The molecule has 100 valence electrons. The molecule has 1 fully saturated rings. The number of ether oxygens (including phenoxy) is 1. The van der Waals surface area contributed by atoms with Gasteiger partial charge in [-0.15, -0.1) is 0 Å². The predicted molar refractivity (Wildman–Crippen MR) is 69.8 cm³/mol. The Kier molecular flexibility index (Phi) is 2.78. The van der Waals surface area contributed by atoms with E-state index in [0.717, 1.165) is 12.8 Å². The number of hydrogen-bond donors (Lipinski definition) is 1. The Balaban J connectivity index is 1.82. The lowest BCUT2D eigenvalue weighted by atomic mass is 10.1. The molecule has 0 bridgehead atoms. The van der Waals surface area contributed by atoms with Crippen molar-refractivity contribution in [2.75, 3.05) is 12.3 Å². The van der Waals surface area contributed by atoms with Crippen molar-refractivity contribution in [3.05, 3.63) is 29.3 Å². The Morgan fingerprint density at radius 2 is 2.00 bits per heavy atom. The van der Waals surface area contributed by atoms with E-state index in [2.05, 4.69) is 0 Å². The number of nitrogen functional groups attached to an aromatic ring is 1. The van der Waals surface area contributed by atoms with Gasteiger partial charge in [0.15, 0.2) is 0 Å². The van der Waals surface area contributed by atoms with E-state index in [-0.39, 0.29) is 24.0 Å². The molecule has 2 amide bonds. The zero-order chi connectivity index (χ0) is 13.6. The van der Waals surface area contributed by atoms with E-state index < -0.39 is 0 Å². The molecule has 2 atom stereocenters. The smallest absolute Gasteiger partial charge is 0.261 e. The summed E-state index contributed by atoms with van der Waals surface area (Å²) in [6, 6.07) is 4.82. The van der Waals surface area contributed by atoms with Crippen molar-refractivity contribution in [2.24, 2.45) is 0 Å². The lowest BCUT2D eigenvalue weighted by molar-refractivity contribution is 0.0282. The average Bonchev–Trinajstić information content (AvgIpc) is 2.88. The number of carbonyl (C=O) groups excluding carboxylic acids is 2. The summed E-state index contributed by atoms with van der Waals surface area (Å²) in [7, 11) is 0. The highest BCUT2D eigenvalue weighted by atomic mass is 16.5. The number of benzene rings is 1. The second-order valence-electron chi connectivity index (χ2n) is 5.17. The first kappa shape index (κ1) is 12.2. The van der Waals surface area contributed by atoms with Crippen LogP contribution in [-0.4, -0.2) is 35.5 Å². The maximum atomic E-state index is 12.2. The first-order chi connectivity index (χ1) is 9.06. The summed E-state index contributed by atoms with van der Waals surface area (Å²) in [4.78, 5) is 25.7. The van der Waals surface area contributed by atoms with Gasteiger partial charge in [0.1, 0.15) is 0 Å². The Labute approximate surface area is 111 Å². The van der Waals surface area contributed by atoms with Gasteiger partial charge in [0, 0.05) is 5.69 Å². The van der Waals surface area contributed by atoms with Gasteiger partial charge in [-0.05, 0) is 38.0 Å². The van der Waals surface area contributed by atoms with Crippen LogP contribution in [0.2, 0.25) is 0 Å². The Morgan fingerprint density at radius 1 is 1.26 bits per heavy atom. The van der Waals surface area contributed by atoms with E-state index in [9.17, 15) is 9.59 Å². The molecule has 2 N–H and O–H groups in total. The van der Waals surface area contributed by atoms with E-state index in [1.807, 2.05) is 6.92 Å². The van der Waals surface area contributed by atoms with Gasteiger partial charge in [0.2, 0.25) is 0 Å². The fraction of sp³-hybridized carbons (Fsp3) is 0.429. The highest BCUT2D eigenvalue weighted by Crippen LogP contribution is 2.27. The fourth-order valence-electron chi connectivity index (χ4n) is 2.70. The van der Waals surface area contributed by atoms with Crippen LogP contribution in [0, 0.1) is 0 Å². The lowest BCUT2D eigenvalue weighted by Gasteiger charge is -2.18. The van der Waals surface area contributed by atoms with Gasteiger partial charge in [-0.25, -0.2) is 0 Å². The molecule has 19 heavy (non-hydrogen) atoms. The molecule has 5 nitrogen and oxygen atoms in total. The normalized spacial score (nSPS) is 26.1. The molecule has 2 heterocycles. The summed E-state index contributed by atoms with van der Waals surface area (Å²) in [5.74, 6) is -0.515. The van der Waals surface area contributed by atoms with Crippen molar-refractivity contribution in [3.63, 3.8) is 0 Å². The van der Waals surface area contributed by atoms with Gasteiger partial charge < -0.3 is 10.5 Å². The second-order valence-corrected chi connectivity index (χ2v) is 5.17. The standard InChI is InChI=1S/C14H16N2O3/c1-8-2-4-10(19-8)7-16-13(17)11-5-3-9(15)6-12(11)14(16)18/h3,5-6,8,10H,2,4,7,15H2,1H3. The van der Waals surface area contributed by atoms with Crippen molar-refractivity contribution in [1.82, 2.24) is 4.90 Å². The van der Waals surface area contributed by atoms with E-state index >= 15 is 0 Å². The van der Waals surface area contributed by atoms with Crippen LogP contribution in [0.4, 0.5) is 5.69 Å². The van der Waals surface area contributed by atoms with Crippen LogP contribution in [0.1, 0.15) is 40.5 Å². The number of hydrogen-bond acceptors (Lipinski definition) is 4. The number of anilines is 1. The molecule has 0 radical (unpaired) electrons. The van der Waals surface area contributed by atoms with Crippen LogP contribution in [0.5, 0.6) is 0 Å². The van der Waals surface area contributed by atoms with Crippen molar-refractivity contribution in [1.29, 1.82) is 0 Å². The van der Waals surface area contributed by atoms with Crippen molar-refractivity contribution >= 4 is 17.5 Å². The molecule has 1 saturated heterocycles. The minimum atomic E-state index is -0.268. The molecule has 2 aliphatic rings. The van der Waals surface area contributed by atoms with Gasteiger partial charge in [0.25, 0.3) is 11.8 Å². The summed E-state index contributed by atoms with van der Waals surface area (Å²) >= 11 is 0. The van der Waals surface area contributed by atoms with Crippen molar-refractivity contribution < 1.29 is 14.3 Å². The minimum Gasteiger partial charge on any atom is -0.399 e. The van der Waals surface area contributed by atoms with E-state index in [0.29, 0.717) is 23.4 Å². The van der Waals surface area contributed by atoms with Crippen molar-refractivity contribution in [3.8, 4) is 0 Å². The number of carbonyl (C=O) groups is 2. The Morgan fingerprint density at radius 3 is 2.68 bits per heavy atom. The number of nitrogens with two attached hydrogens (primary N) is 1. The molecule has 1 aromatic carbocycles. The highest BCUT2D eigenvalue weighted by Gasteiger charge is 2.38. The third-order valence-corrected chi connectivity index (χ3v) is 3.70. The average molecular weight is 260 g/mol. The Bertz CT molecular complexity index is 556. The Hall–Kier alpha value is -1.88. The molecule has 3 rings (SSSR count). The highest BCUT2D eigenvalue weighted by molar-refractivity contribution is 6.21. The molecule has 0 aromatic heterocycles. The first-order valence-corrected chi connectivity index (χ1v) is 6.47. The maximum absolute atomic E-state index is 12.2. The predicted octanol–water partition coefficient (Wildman–Crippen LogP) is 1.43. The monoisotopic (exact) mass is 260 g/mol. The zero-order valence-electron chi connectivity index (χ0n) is 10.8. The molecule has 0 spiro atoms. The maximum Gasteiger partial charge on any atom is 0.261 e. The quantitative estimate of drug-likeness (QED) is 0.645. The molecular weight excluding hydrogens is 244 g/mol. The van der Waals surface area contributed by atoms with Gasteiger partial charge >= 0.3 is 0 Å². The summed E-state index contributed by atoms with van der Waals surface area (Å²) in [6.07, 6.45) is 2.02. The topological polar surface area (TPSA) is 72.6 Å². The SMILES string of the molecule is CC1CCC(CN2C(=O)c3ccc(N)cc3C2=O)O1. The van der Waals surface area contributed by atoms with E-state index in [4.69, 9.17) is 10.5 Å². The minimum absolute atomic E-state index is 0.0467. The molecule has 2 unspecified atom stereocenters. The number of rotatable bonds is 2. The number of imide groups is 1. The number of fused-ring (bicyclic) bond motifs is 1. The molecule has 5 heteroatoms. The fourth-order valence-corrected chi connectivity index (χ4v) is 2.70. The van der Waals surface area contributed by atoms with E-state index in [1.165, 1.54) is 4.90 Å².